The average Bonchev–Trinajstić information content (AvgIpc) is 2.55. The molecule has 0 bridgehead atoms. The molecule has 2 aromatic carbocycles. The Balaban J connectivity index is 1.92. The topological polar surface area (TPSA) is 45.7 Å². The highest BCUT2D eigenvalue weighted by atomic mass is 35.5. The van der Waals surface area contributed by atoms with Crippen LogP contribution in [-0.4, -0.2) is 12.5 Å². The maximum absolute atomic E-state index is 12.2. The van der Waals surface area contributed by atoms with Crippen LogP contribution in [0, 0.1) is 0 Å². The van der Waals surface area contributed by atoms with E-state index < -0.39 is 0 Å². The first kappa shape index (κ1) is 17.5. The van der Waals surface area contributed by atoms with Crippen molar-refractivity contribution in [2.75, 3.05) is 11.9 Å². The number of carbonyl (C=O) groups excluding carboxylic acids is 1. The van der Waals surface area contributed by atoms with E-state index in [0.717, 1.165) is 35.7 Å². The summed E-state index contributed by atoms with van der Waals surface area (Å²) in [5.74, 6) is 0.0302. The Hall–Kier alpha value is -1.84. The number of benzene rings is 2. The SMILES string of the molecule is CCc1cccc(CC)c1NC(=O)C[NH2+]Cc1cccc(Cl)c1. The number of anilines is 1. The number of hydrogen-bond acceptors (Lipinski definition) is 1. The van der Waals surface area contributed by atoms with Gasteiger partial charge >= 0.3 is 0 Å². The minimum atomic E-state index is 0.0302. The lowest BCUT2D eigenvalue weighted by molar-refractivity contribution is -0.659. The predicted octanol–water partition coefficient (Wildman–Crippen LogP) is 3.17. The van der Waals surface area contributed by atoms with Crippen LogP contribution >= 0.6 is 11.6 Å². The summed E-state index contributed by atoms with van der Waals surface area (Å²) in [7, 11) is 0. The molecule has 122 valence electrons. The summed E-state index contributed by atoms with van der Waals surface area (Å²) in [4.78, 5) is 12.2. The van der Waals surface area contributed by atoms with Crippen molar-refractivity contribution >= 4 is 23.2 Å². The molecule has 0 aliphatic carbocycles. The molecular weight excluding hydrogens is 308 g/mol. The van der Waals surface area contributed by atoms with Gasteiger partial charge in [0.1, 0.15) is 6.54 Å². The fraction of sp³-hybridized carbons (Fsp3) is 0.316. The molecule has 0 spiro atoms. The largest absolute Gasteiger partial charge is 0.335 e. The zero-order chi connectivity index (χ0) is 16.7. The number of amides is 1. The minimum Gasteiger partial charge on any atom is -0.335 e. The molecule has 0 heterocycles. The number of para-hydroxylation sites is 1. The predicted molar refractivity (Wildman–Crippen MR) is 95.8 cm³/mol. The maximum Gasteiger partial charge on any atom is 0.279 e. The van der Waals surface area contributed by atoms with Gasteiger partial charge in [-0.1, -0.05) is 55.8 Å². The molecule has 3 nitrogen and oxygen atoms in total. The van der Waals surface area contributed by atoms with Gasteiger partial charge in [-0.2, -0.15) is 0 Å². The first-order valence-corrected chi connectivity index (χ1v) is 8.48. The second-order valence-electron chi connectivity index (χ2n) is 5.53. The Labute approximate surface area is 143 Å². The second kappa shape index (κ2) is 8.70. The summed E-state index contributed by atoms with van der Waals surface area (Å²) in [5, 5.41) is 5.80. The lowest BCUT2D eigenvalue weighted by Crippen LogP contribution is -2.84. The summed E-state index contributed by atoms with van der Waals surface area (Å²) < 4.78 is 0. The van der Waals surface area contributed by atoms with E-state index >= 15 is 0 Å². The minimum absolute atomic E-state index is 0.0302. The van der Waals surface area contributed by atoms with Crippen molar-refractivity contribution in [2.24, 2.45) is 0 Å². The van der Waals surface area contributed by atoms with Crippen LogP contribution in [0.2, 0.25) is 5.02 Å². The van der Waals surface area contributed by atoms with Crippen molar-refractivity contribution in [3.05, 3.63) is 64.2 Å². The molecule has 0 saturated heterocycles. The van der Waals surface area contributed by atoms with Crippen LogP contribution in [0.1, 0.15) is 30.5 Å². The first-order chi connectivity index (χ1) is 11.1. The van der Waals surface area contributed by atoms with Crippen LogP contribution in [-0.2, 0) is 24.2 Å². The lowest BCUT2D eigenvalue weighted by Gasteiger charge is -2.14. The zero-order valence-corrected chi connectivity index (χ0v) is 14.5. The fourth-order valence-corrected chi connectivity index (χ4v) is 2.84. The van der Waals surface area contributed by atoms with Crippen molar-refractivity contribution < 1.29 is 10.1 Å². The normalized spacial score (nSPS) is 10.6. The molecule has 0 atom stereocenters. The molecule has 0 unspecified atom stereocenters. The van der Waals surface area contributed by atoms with Crippen LogP contribution < -0.4 is 10.6 Å². The molecular formula is C19H24ClN2O+. The highest BCUT2D eigenvalue weighted by Crippen LogP contribution is 2.22. The van der Waals surface area contributed by atoms with Crippen molar-refractivity contribution in [1.82, 2.24) is 0 Å². The van der Waals surface area contributed by atoms with Gasteiger partial charge in [0.2, 0.25) is 0 Å². The number of quaternary nitrogens is 1. The average molecular weight is 332 g/mol. The van der Waals surface area contributed by atoms with Gasteiger partial charge in [0.25, 0.3) is 5.91 Å². The van der Waals surface area contributed by atoms with Crippen LogP contribution in [0.25, 0.3) is 0 Å². The Kier molecular flexibility index (Phi) is 6.63. The molecule has 1 amide bonds. The number of rotatable bonds is 7. The Morgan fingerprint density at radius 2 is 1.74 bits per heavy atom. The van der Waals surface area contributed by atoms with Crippen LogP contribution in [0.4, 0.5) is 5.69 Å². The van der Waals surface area contributed by atoms with Crippen LogP contribution in [0.15, 0.2) is 42.5 Å². The smallest absolute Gasteiger partial charge is 0.279 e. The van der Waals surface area contributed by atoms with E-state index in [-0.39, 0.29) is 5.91 Å². The number of nitrogens with two attached hydrogens (primary N) is 1. The first-order valence-electron chi connectivity index (χ1n) is 8.10. The van der Waals surface area contributed by atoms with E-state index in [4.69, 9.17) is 11.6 Å². The highest BCUT2D eigenvalue weighted by Gasteiger charge is 2.11. The van der Waals surface area contributed by atoms with Gasteiger partial charge in [-0.25, -0.2) is 0 Å². The van der Waals surface area contributed by atoms with Gasteiger partial charge in [-0.15, -0.1) is 0 Å². The monoisotopic (exact) mass is 331 g/mol. The number of aryl methyl sites for hydroxylation is 2. The van der Waals surface area contributed by atoms with Gasteiger partial charge in [-0.3, -0.25) is 4.79 Å². The molecule has 0 aromatic heterocycles. The third-order valence-corrected chi connectivity index (χ3v) is 4.10. The molecule has 2 rings (SSSR count). The quantitative estimate of drug-likeness (QED) is 0.804. The van der Waals surface area contributed by atoms with Gasteiger partial charge in [0, 0.05) is 16.3 Å². The Morgan fingerprint density at radius 1 is 1.09 bits per heavy atom. The Morgan fingerprint density at radius 3 is 2.35 bits per heavy atom. The number of carbonyl (C=O) groups is 1. The van der Waals surface area contributed by atoms with Gasteiger partial charge in [0.15, 0.2) is 6.54 Å². The van der Waals surface area contributed by atoms with Gasteiger partial charge in [-0.05, 0) is 36.1 Å². The van der Waals surface area contributed by atoms with E-state index in [2.05, 4.69) is 37.4 Å². The van der Waals surface area contributed by atoms with E-state index in [9.17, 15) is 4.79 Å². The van der Waals surface area contributed by atoms with Crippen molar-refractivity contribution in [1.29, 1.82) is 0 Å². The molecule has 23 heavy (non-hydrogen) atoms. The van der Waals surface area contributed by atoms with E-state index in [1.165, 1.54) is 11.1 Å². The zero-order valence-electron chi connectivity index (χ0n) is 13.7. The summed E-state index contributed by atoms with van der Waals surface area (Å²) in [6.45, 7) is 5.35. The molecule has 2 aromatic rings. The second-order valence-corrected chi connectivity index (χ2v) is 5.97. The number of nitrogens with one attached hydrogen (secondary N) is 1. The highest BCUT2D eigenvalue weighted by molar-refractivity contribution is 6.30. The molecule has 4 heteroatoms. The van der Waals surface area contributed by atoms with Crippen molar-refractivity contribution in [3.8, 4) is 0 Å². The summed E-state index contributed by atoms with van der Waals surface area (Å²) >= 11 is 5.97. The standard InChI is InChI=1S/C19H23ClN2O/c1-3-15-8-6-9-16(4-2)19(15)22-18(23)13-21-12-14-7-5-10-17(20)11-14/h5-11,21H,3-4,12-13H2,1-2H3,(H,22,23)/p+1. The summed E-state index contributed by atoms with van der Waals surface area (Å²) in [6, 6.07) is 13.9. The lowest BCUT2D eigenvalue weighted by atomic mass is 10.0. The van der Waals surface area contributed by atoms with Crippen molar-refractivity contribution in [3.63, 3.8) is 0 Å². The number of halogens is 1. The molecule has 0 fully saturated rings. The molecule has 0 aliphatic rings. The maximum atomic E-state index is 12.2. The van der Waals surface area contributed by atoms with Crippen molar-refractivity contribution in [2.45, 2.75) is 33.2 Å². The molecule has 0 saturated carbocycles. The molecule has 0 aliphatic heterocycles. The summed E-state index contributed by atoms with van der Waals surface area (Å²) in [6.07, 6.45) is 1.82. The van der Waals surface area contributed by atoms with E-state index in [1.54, 1.807) is 0 Å². The molecule has 0 radical (unpaired) electrons. The van der Waals surface area contributed by atoms with Crippen LogP contribution in [0.3, 0.4) is 0 Å². The third kappa shape index (κ3) is 5.08. The Bertz CT molecular complexity index is 648. The summed E-state index contributed by atoms with van der Waals surface area (Å²) in [5.41, 5.74) is 4.48. The number of hydrogen-bond donors (Lipinski definition) is 2. The van der Waals surface area contributed by atoms with E-state index in [0.29, 0.717) is 6.54 Å². The van der Waals surface area contributed by atoms with E-state index in [1.807, 2.05) is 29.6 Å². The molecule has 3 N–H and O–H groups in total. The van der Waals surface area contributed by atoms with Gasteiger partial charge < -0.3 is 10.6 Å². The fourth-order valence-electron chi connectivity index (χ4n) is 2.63. The third-order valence-electron chi connectivity index (χ3n) is 3.86. The van der Waals surface area contributed by atoms with Gasteiger partial charge in [0.05, 0.1) is 0 Å². The van der Waals surface area contributed by atoms with Crippen LogP contribution in [0.5, 0.6) is 0 Å².